The molecule has 7 aromatic rings. The molecule has 2 nitrogen and oxygen atoms in total. The van der Waals surface area contributed by atoms with Gasteiger partial charge in [-0.1, -0.05) is 47.3 Å². The number of fused-ring (bicyclic) bond motifs is 3. The van der Waals surface area contributed by atoms with Gasteiger partial charge in [-0.15, -0.1) is 23.8 Å². The second-order valence-corrected chi connectivity index (χ2v) is 23.4. The van der Waals surface area contributed by atoms with Crippen LogP contribution < -0.4 is 4.40 Å². The first-order valence-electron chi connectivity index (χ1n) is 15.5. The van der Waals surface area contributed by atoms with Gasteiger partial charge in [0.25, 0.3) is 0 Å². The van der Waals surface area contributed by atoms with Crippen molar-refractivity contribution < 1.29 is 27.2 Å². The van der Waals surface area contributed by atoms with Crippen molar-refractivity contribution in [3.63, 3.8) is 0 Å². The molecular weight excluding hydrogens is 812 g/mol. The summed E-state index contributed by atoms with van der Waals surface area (Å²) in [5.41, 5.74) is 5.66. The summed E-state index contributed by atoms with van der Waals surface area (Å²) in [6.45, 7) is 1.98. The third-order valence-electron chi connectivity index (χ3n) is 7.38. The molecule has 0 spiro atoms. The normalized spacial score (nSPS) is 12.1. The molecule has 0 aliphatic carbocycles. The summed E-state index contributed by atoms with van der Waals surface area (Å²) in [7, 11) is 0. The van der Waals surface area contributed by atoms with Gasteiger partial charge in [-0.3, -0.25) is 0 Å². The number of pyridine rings is 2. The zero-order valence-corrected chi connectivity index (χ0v) is 30.8. The summed E-state index contributed by atoms with van der Waals surface area (Å²) in [6, 6.07) is 38.4. The third-order valence-corrected chi connectivity index (χ3v) is 12.8. The molecule has 45 heavy (non-hydrogen) atoms. The Labute approximate surface area is 287 Å². The Bertz CT molecular complexity index is 2130. The molecule has 0 saturated heterocycles. The molecule has 0 fully saturated rings. The summed E-state index contributed by atoms with van der Waals surface area (Å²) >= 11 is -0.212. The number of aromatic nitrogens is 2. The van der Waals surface area contributed by atoms with Gasteiger partial charge in [0.05, 0.1) is 0 Å². The van der Waals surface area contributed by atoms with E-state index in [0.717, 1.165) is 37.2 Å². The number of hydrogen-bond donors (Lipinski definition) is 0. The number of benzene rings is 4. The molecule has 0 aliphatic rings. The summed E-state index contributed by atoms with van der Waals surface area (Å²) in [6.07, 6.45) is 2.00. The maximum Gasteiger partial charge on any atom is 0 e. The summed E-state index contributed by atoms with van der Waals surface area (Å²) < 4.78 is 35.1. The van der Waals surface area contributed by atoms with Crippen molar-refractivity contribution in [2.75, 3.05) is 0 Å². The molecule has 0 N–H and O–H groups in total. The van der Waals surface area contributed by atoms with Gasteiger partial charge < -0.3 is 4.98 Å². The van der Waals surface area contributed by atoms with Crippen molar-refractivity contribution >= 4 is 49.2 Å². The van der Waals surface area contributed by atoms with Gasteiger partial charge in [-0.05, 0) is 53.0 Å². The van der Waals surface area contributed by atoms with Crippen molar-refractivity contribution in [1.29, 1.82) is 0 Å². The molecule has 7 rings (SSSR count). The van der Waals surface area contributed by atoms with Crippen LogP contribution in [0.3, 0.4) is 0 Å². The van der Waals surface area contributed by atoms with Crippen molar-refractivity contribution in [1.82, 2.24) is 9.97 Å². The second-order valence-electron chi connectivity index (χ2n) is 11.7. The van der Waals surface area contributed by atoms with E-state index >= 15 is 0 Å². The fraction of sp³-hybridized carbons (Fsp3) is 0.128. The van der Waals surface area contributed by atoms with E-state index in [1.165, 1.54) is 21.8 Å². The number of rotatable bonds is 5. The van der Waals surface area contributed by atoms with Crippen molar-refractivity contribution in [3.05, 3.63) is 150 Å². The second kappa shape index (κ2) is 14.3. The van der Waals surface area contributed by atoms with E-state index in [4.69, 9.17) is 2.74 Å². The van der Waals surface area contributed by atoms with Gasteiger partial charge in [0, 0.05) is 39.1 Å². The minimum absolute atomic E-state index is 0. The molecular formula is C39H33FGeIrN2S-2. The first-order chi connectivity index (χ1) is 22.0. The summed E-state index contributed by atoms with van der Waals surface area (Å²) in [5.74, 6) is 6.90. The van der Waals surface area contributed by atoms with E-state index in [1.54, 1.807) is 30.5 Å². The summed E-state index contributed by atoms with van der Waals surface area (Å²) in [4.78, 5) is 9.02. The topological polar surface area (TPSA) is 25.8 Å². The molecule has 1 radical (unpaired) electrons. The minimum Gasteiger partial charge on any atom is 0 e. The molecule has 3 aromatic heterocycles. The zero-order valence-electron chi connectivity index (χ0n) is 27.5. The Morgan fingerprint density at radius 3 is 2.36 bits per heavy atom. The molecule has 0 atom stereocenters. The van der Waals surface area contributed by atoms with Gasteiger partial charge in [0.1, 0.15) is 5.82 Å². The van der Waals surface area contributed by atoms with Crippen molar-refractivity contribution in [3.8, 4) is 22.5 Å². The summed E-state index contributed by atoms with van der Waals surface area (Å²) in [5, 5.41) is 1.44. The largest absolute Gasteiger partial charge is 0 e. The molecule has 227 valence electrons. The van der Waals surface area contributed by atoms with Gasteiger partial charge >= 0.3 is 99.8 Å². The number of thiophene rings is 1. The van der Waals surface area contributed by atoms with E-state index in [2.05, 4.69) is 51.5 Å². The molecule has 4 aromatic carbocycles. The number of aryl methyl sites for hydroxylation is 1. The Morgan fingerprint density at radius 2 is 1.64 bits per heavy atom. The van der Waals surface area contributed by atoms with Crippen LogP contribution in [0.25, 0.3) is 42.7 Å². The minimum atomic E-state index is -1.72. The Hall–Kier alpha value is -3.48. The fourth-order valence-electron chi connectivity index (χ4n) is 4.94. The molecule has 0 aliphatic heterocycles. The van der Waals surface area contributed by atoms with E-state index in [0.29, 0.717) is 22.2 Å². The molecule has 6 heteroatoms. The van der Waals surface area contributed by atoms with Crippen LogP contribution in [0.2, 0.25) is 17.3 Å². The molecule has 0 saturated carbocycles. The maximum absolute atomic E-state index is 14.5. The first kappa shape index (κ1) is 30.2. The molecule has 3 heterocycles. The standard InChI is InChI=1S/C25H17FNS.C14H16GeN.Ir/c1-16-8-10-17(11-9-16)14-18-12-13-27-22(15-18)19-4-2-5-20-24-21(26)6-3-7-23(24)28-25(19)20;1-15(2,3)13-9-10-14(16-11-13)12-7-5-4-6-8-12;/h2-3,5-13,15H,14H2,1H3;4-7,9-11H,1-3H3;/q2*-1;/i14D2;;. The number of nitrogens with zero attached hydrogens (tertiary/aromatic N) is 2. The Balaban J connectivity index is 0.000000217. The SMILES string of the molecule is [2H]C([2H])(c1ccc(C)cc1)c1ccnc(-c2[c-]ccc3c2sc2cccc(F)c23)c1.[CH3][Ge]([CH3])([CH3])[c]1ccc(-c2[c-]cccc2)nc1.[Ir]. The van der Waals surface area contributed by atoms with Crippen LogP contribution in [0.1, 0.15) is 19.4 Å². The average Bonchev–Trinajstić information content (AvgIpc) is 3.46. The number of hydrogen-bond acceptors (Lipinski definition) is 3. The van der Waals surface area contributed by atoms with E-state index in [9.17, 15) is 4.39 Å². The van der Waals surface area contributed by atoms with Gasteiger partial charge in [0.2, 0.25) is 0 Å². The van der Waals surface area contributed by atoms with Crippen LogP contribution in [0.5, 0.6) is 0 Å². The monoisotopic (exact) mass is 849 g/mol. The van der Waals surface area contributed by atoms with Crippen molar-refractivity contribution in [2.24, 2.45) is 0 Å². The number of halogens is 1. The smallest absolute Gasteiger partial charge is 0 e. The van der Waals surface area contributed by atoms with Crippen LogP contribution in [0.4, 0.5) is 4.39 Å². The maximum atomic E-state index is 14.5. The van der Waals surface area contributed by atoms with Crippen LogP contribution >= 0.6 is 11.3 Å². The van der Waals surface area contributed by atoms with Gasteiger partial charge in [0.15, 0.2) is 0 Å². The average molecular weight is 848 g/mol. The van der Waals surface area contributed by atoms with Crippen LogP contribution in [0, 0.1) is 24.9 Å². The van der Waals surface area contributed by atoms with Crippen LogP contribution in [0.15, 0.2) is 116 Å². The van der Waals surface area contributed by atoms with E-state index < -0.39 is 19.6 Å². The first-order valence-corrected chi connectivity index (χ1v) is 22.7. The van der Waals surface area contributed by atoms with Gasteiger partial charge in [-0.2, -0.15) is 11.3 Å². The third kappa shape index (κ3) is 7.67. The zero-order chi connectivity index (χ0) is 32.5. The van der Waals surface area contributed by atoms with Crippen LogP contribution in [-0.2, 0) is 26.5 Å². The predicted octanol–water partition coefficient (Wildman–Crippen LogP) is 10.0. The fourth-order valence-corrected chi connectivity index (χ4v) is 8.33. The Kier molecular flexibility index (Phi) is 9.60. The molecule has 0 amide bonds. The van der Waals surface area contributed by atoms with Crippen molar-refractivity contribution in [2.45, 2.75) is 30.6 Å². The van der Waals surface area contributed by atoms with E-state index in [-0.39, 0.29) is 25.9 Å². The Morgan fingerprint density at radius 1 is 0.822 bits per heavy atom. The predicted molar refractivity (Wildman–Crippen MR) is 187 cm³/mol. The van der Waals surface area contributed by atoms with Crippen LogP contribution in [-0.4, -0.2) is 23.2 Å². The molecule has 0 bridgehead atoms. The molecule has 0 unspecified atom stereocenters. The van der Waals surface area contributed by atoms with Gasteiger partial charge in [-0.25, -0.2) is 4.39 Å². The van der Waals surface area contributed by atoms with E-state index in [1.807, 2.05) is 73.8 Å². The quantitative estimate of drug-likeness (QED) is 0.127.